The molecule has 2 nitrogen and oxygen atoms in total. The molecule has 2 aromatic rings. The maximum absolute atomic E-state index is 4.45. The fraction of sp³-hybridized carbons (Fsp3) is 0.364. The molecule has 3 heteroatoms. The van der Waals surface area contributed by atoms with Gasteiger partial charge in [0.1, 0.15) is 5.03 Å². The van der Waals surface area contributed by atoms with Crippen LogP contribution in [0.5, 0.6) is 0 Å². The number of hydrogen-bond donors (Lipinski definition) is 0. The molecule has 0 radical (unpaired) electrons. The molecule has 0 atom stereocenters. The Morgan fingerprint density at radius 3 is 2.79 bits per heavy atom. The fourth-order valence-corrected chi connectivity index (χ4v) is 1.83. The first kappa shape index (κ1) is 9.59. The van der Waals surface area contributed by atoms with Gasteiger partial charge in [0.05, 0.1) is 5.52 Å². The SMILES string of the molecule is CSc1cc2ccc(C(C)C)cn2n1. The van der Waals surface area contributed by atoms with Crippen LogP contribution >= 0.6 is 11.8 Å². The highest BCUT2D eigenvalue weighted by Crippen LogP contribution is 2.19. The zero-order valence-corrected chi connectivity index (χ0v) is 9.51. The van der Waals surface area contributed by atoms with E-state index < -0.39 is 0 Å². The molecule has 74 valence electrons. The van der Waals surface area contributed by atoms with Gasteiger partial charge in [-0.3, -0.25) is 0 Å². The molecule has 2 rings (SSSR count). The number of pyridine rings is 1. The maximum atomic E-state index is 4.45. The number of hydrogen-bond acceptors (Lipinski definition) is 2. The lowest BCUT2D eigenvalue weighted by molar-refractivity contribution is 0.824. The Kier molecular flexibility index (Phi) is 2.50. The van der Waals surface area contributed by atoms with Crippen molar-refractivity contribution in [2.24, 2.45) is 0 Å². The van der Waals surface area contributed by atoms with Crippen LogP contribution in [0.3, 0.4) is 0 Å². The van der Waals surface area contributed by atoms with E-state index >= 15 is 0 Å². The van der Waals surface area contributed by atoms with Crippen LogP contribution in [0.25, 0.3) is 5.52 Å². The highest BCUT2D eigenvalue weighted by molar-refractivity contribution is 7.98. The van der Waals surface area contributed by atoms with Crippen LogP contribution in [-0.2, 0) is 0 Å². The number of nitrogens with zero attached hydrogens (tertiary/aromatic N) is 2. The number of rotatable bonds is 2. The van der Waals surface area contributed by atoms with E-state index in [1.807, 2.05) is 10.8 Å². The molecular formula is C11H14N2S. The lowest BCUT2D eigenvalue weighted by Crippen LogP contribution is -1.93. The predicted molar refractivity (Wildman–Crippen MR) is 61.1 cm³/mol. The Labute approximate surface area is 88.3 Å². The van der Waals surface area contributed by atoms with Gasteiger partial charge in [-0.2, -0.15) is 5.10 Å². The normalized spacial score (nSPS) is 11.4. The van der Waals surface area contributed by atoms with Gasteiger partial charge in [-0.15, -0.1) is 11.8 Å². The van der Waals surface area contributed by atoms with Crippen molar-refractivity contribution < 1.29 is 0 Å². The second kappa shape index (κ2) is 3.65. The molecule has 0 saturated carbocycles. The van der Waals surface area contributed by atoms with Gasteiger partial charge in [-0.1, -0.05) is 19.9 Å². The van der Waals surface area contributed by atoms with Crippen LogP contribution in [0.2, 0.25) is 0 Å². The van der Waals surface area contributed by atoms with Gasteiger partial charge in [-0.25, -0.2) is 4.52 Å². The summed E-state index contributed by atoms with van der Waals surface area (Å²) in [6.45, 7) is 4.39. The molecule has 2 aromatic heterocycles. The predicted octanol–water partition coefficient (Wildman–Crippen LogP) is 3.18. The van der Waals surface area contributed by atoms with Crippen LogP contribution in [0.15, 0.2) is 29.4 Å². The van der Waals surface area contributed by atoms with Gasteiger partial charge in [0, 0.05) is 6.20 Å². The molecule has 0 saturated heterocycles. The molecule has 0 unspecified atom stereocenters. The zero-order valence-electron chi connectivity index (χ0n) is 8.69. The van der Waals surface area contributed by atoms with E-state index in [-0.39, 0.29) is 0 Å². The summed E-state index contributed by atoms with van der Waals surface area (Å²) >= 11 is 1.68. The zero-order chi connectivity index (χ0) is 10.1. The third-order valence-electron chi connectivity index (χ3n) is 2.34. The Hall–Kier alpha value is -0.960. The van der Waals surface area contributed by atoms with Gasteiger partial charge in [0.2, 0.25) is 0 Å². The minimum absolute atomic E-state index is 0.557. The lowest BCUT2D eigenvalue weighted by atomic mass is 10.1. The van der Waals surface area contributed by atoms with Crippen LogP contribution in [0.1, 0.15) is 25.3 Å². The van der Waals surface area contributed by atoms with Crippen molar-refractivity contribution in [3.05, 3.63) is 30.0 Å². The highest BCUT2D eigenvalue weighted by Gasteiger charge is 2.03. The van der Waals surface area contributed by atoms with Gasteiger partial charge < -0.3 is 0 Å². The molecule has 0 aliphatic carbocycles. The molecule has 14 heavy (non-hydrogen) atoms. The standard InChI is InChI=1S/C11H14N2S/c1-8(2)9-4-5-10-6-11(14-3)12-13(10)7-9/h4-8H,1-3H3. The van der Waals surface area contributed by atoms with Gasteiger partial charge in [-0.05, 0) is 29.9 Å². The summed E-state index contributed by atoms with van der Waals surface area (Å²) in [5.41, 5.74) is 2.49. The van der Waals surface area contributed by atoms with E-state index in [1.54, 1.807) is 11.8 Å². The van der Waals surface area contributed by atoms with E-state index in [9.17, 15) is 0 Å². The molecule has 0 bridgehead atoms. The summed E-state index contributed by atoms with van der Waals surface area (Å²) in [7, 11) is 0. The average molecular weight is 206 g/mol. The second-order valence-electron chi connectivity index (χ2n) is 3.67. The highest BCUT2D eigenvalue weighted by atomic mass is 32.2. The Bertz CT molecular complexity index is 445. The molecule has 0 N–H and O–H groups in total. The number of aromatic nitrogens is 2. The van der Waals surface area contributed by atoms with E-state index in [1.165, 1.54) is 11.1 Å². The van der Waals surface area contributed by atoms with Gasteiger partial charge in [0.15, 0.2) is 0 Å². The van der Waals surface area contributed by atoms with Crippen LogP contribution in [-0.4, -0.2) is 15.9 Å². The second-order valence-corrected chi connectivity index (χ2v) is 4.50. The molecule has 2 heterocycles. The monoisotopic (exact) mass is 206 g/mol. The van der Waals surface area contributed by atoms with Crippen molar-refractivity contribution >= 4 is 17.3 Å². The molecule has 0 aliphatic rings. The minimum atomic E-state index is 0.557. The summed E-state index contributed by atoms with van der Waals surface area (Å²) < 4.78 is 1.96. The summed E-state index contributed by atoms with van der Waals surface area (Å²) in [5.74, 6) is 0.557. The minimum Gasteiger partial charge on any atom is -0.240 e. The van der Waals surface area contributed by atoms with E-state index in [2.05, 4.69) is 43.3 Å². The molecule has 0 fully saturated rings. The molecular weight excluding hydrogens is 192 g/mol. The quantitative estimate of drug-likeness (QED) is 0.702. The summed E-state index contributed by atoms with van der Waals surface area (Å²) in [5, 5.41) is 5.53. The Balaban J connectivity index is 2.54. The van der Waals surface area contributed by atoms with Crippen molar-refractivity contribution in [3.63, 3.8) is 0 Å². The van der Waals surface area contributed by atoms with Gasteiger partial charge >= 0.3 is 0 Å². The first-order valence-electron chi connectivity index (χ1n) is 4.74. The molecule has 0 spiro atoms. The van der Waals surface area contributed by atoms with Crippen molar-refractivity contribution in [2.75, 3.05) is 6.26 Å². The van der Waals surface area contributed by atoms with Crippen LogP contribution in [0, 0.1) is 0 Å². The van der Waals surface area contributed by atoms with Crippen LogP contribution < -0.4 is 0 Å². The largest absolute Gasteiger partial charge is 0.240 e. The van der Waals surface area contributed by atoms with Crippen molar-refractivity contribution in [2.45, 2.75) is 24.8 Å². The summed E-state index contributed by atoms with van der Waals surface area (Å²) in [6, 6.07) is 6.41. The maximum Gasteiger partial charge on any atom is 0.119 e. The van der Waals surface area contributed by atoms with E-state index in [0.717, 1.165) is 5.03 Å². The Morgan fingerprint density at radius 2 is 2.14 bits per heavy atom. The van der Waals surface area contributed by atoms with E-state index in [0.29, 0.717) is 5.92 Å². The third-order valence-corrected chi connectivity index (χ3v) is 2.95. The first-order chi connectivity index (χ1) is 6.70. The van der Waals surface area contributed by atoms with Crippen molar-refractivity contribution in [3.8, 4) is 0 Å². The Morgan fingerprint density at radius 1 is 1.36 bits per heavy atom. The smallest absolute Gasteiger partial charge is 0.119 e. The molecule has 0 aliphatic heterocycles. The fourth-order valence-electron chi connectivity index (χ4n) is 1.42. The molecule has 0 aromatic carbocycles. The van der Waals surface area contributed by atoms with Gasteiger partial charge in [0.25, 0.3) is 0 Å². The molecule has 0 amide bonds. The summed E-state index contributed by atoms with van der Waals surface area (Å²) in [6.07, 6.45) is 4.16. The summed E-state index contributed by atoms with van der Waals surface area (Å²) in [4.78, 5) is 0. The van der Waals surface area contributed by atoms with Crippen LogP contribution in [0.4, 0.5) is 0 Å². The number of thioether (sulfide) groups is 1. The number of fused-ring (bicyclic) bond motifs is 1. The lowest BCUT2D eigenvalue weighted by Gasteiger charge is -2.04. The van der Waals surface area contributed by atoms with Crippen molar-refractivity contribution in [1.29, 1.82) is 0 Å². The topological polar surface area (TPSA) is 17.3 Å². The average Bonchev–Trinajstić information content (AvgIpc) is 2.58. The third kappa shape index (κ3) is 1.64. The van der Waals surface area contributed by atoms with E-state index in [4.69, 9.17) is 0 Å². The first-order valence-corrected chi connectivity index (χ1v) is 5.96. The van der Waals surface area contributed by atoms with Crippen molar-refractivity contribution in [1.82, 2.24) is 9.61 Å².